The molecule has 154 valence electrons. The maximum Gasteiger partial charge on any atom is 0.322 e. The Hall–Kier alpha value is -2.64. The topological polar surface area (TPSA) is 66.8 Å². The van der Waals surface area contributed by atoms with Gasteiger partial charge in [-0.25, -0.2) is 4.79 Å². The third kappa shape index (κ3) is 5.05. The van der Waals surface area contributed by atoms with Crippen molar-refractivity contribution in [1.82, 2.24) is 14.4 Å². The number of nitrogens with one attached hydrogen (secondary N) is 1. The quantitative estimate of drug-likeness (QED) is 0.840. The van der Waals surface area contributed by atoms with Gasteiger partial charge in [0.1, 0.15) is 5.69 Å². The van der Waals surface area contributed by atoms with Crippen molar-refractivity contribution in [3.8, 4) is 0 Å². The number of aromatic nitrogens is 1. The van der Waals surface area contributed by atoms with E-state index < -0.39 is 0 Å². The molecule has 2 aromatic rings. The van der Waals surface area contributed by atoms with Crippen molar-refractivity contribution in [3.05, 3.63) is 64.6 Å². The van der Waals surface area contributed by atoms with Gasteiger partial charge in [0, 0.05) is 38.9 Å². The van der Waals surface area contributed by atoms with Crippen LogP contribution in [-0.4, -0.2) is 66.3 Å². The molecule has 7 nitrogen and oxygen atoms in total. The summed E-state index contributed by atoms with van der Waals surface area (Å²) >= 11 is 0. The first kappa shape index (κ1) is 19.7. The number of anilines is 1. The fourth-order valence-corrected chi connectivity index (χ4v) is 4.05. The predicted octanol–water partition coefficient (Wildman–Crippen LogP) is 2.08. The summed E-state index contributed by atoms with van der Waals surface area (Å²) in [4.78, 5) is 29.7. The van der Waals surface area contributed by atoms with Crippen LogP contribution < -0.4 is 10.9 Å². The Morgan fingerprint density at radius 2 is 1.86 bits per heavy atom. The molecule has 0 aliphatic carbocycles. The lowest BCUT2D eigenvalue weighted by atomic mass is 10.1. The number of pyridine rings is 1. The van der Waals surface area contributed by atoms with Crippen LogP contribution >= 0.6 is 0 Å². The summed E-state index contributed by atoms with van der Waals surface area (Å²) in [5.41, 5.74) is 1.18. The average molecular weight is 396 g/mol. The van der Waals surface area contributed by atoms with Gasteiger partial charge in [0.05, 0.1) is 19.8 Å². The second-order valence-corrected chi connectivity index (χ2v) is 7.78. The number of carbonyl (C=O) groups is 1. The zero-order valence-corrected chi connectivity index (χ0v) is 16.6. The van der Waals surface area contributed by atoms with Crippen molar-refractivity contribution in [3.63, 3.8) is 0 Å². The van der Waals surface area contributed by atoms with Crippen LogP contribution in [0, 0.1) is 5.92 Å². The van der Waals surface area contributed by atoms with Crippen molar-refractivity contribution >= 4 is 11.7 Å². The van der Waals surface area contributed by atoms with Crippen LogP contribution in [0.2, 0.25) is 0 Å². The maximum absolute atomic E-state index is 12.8. The smallest absolute Gasteiger partial charge is 0.322 e. The zero-order valence-electron chi connectivity index (χ0n) is 16.6. The second kappa shape index (κ2) is 9.24. The van der Waals surface area contributed by atoms with E-state index in [1.165, 1.54) is 0 Å². The summed E-state index contributed by atoms with van der Waals surface area (Å²) in [5, 5.41) is 2.82. The Bertz CT molecular complexity index is 877. The van der Waals surface area contributed by atoms with Gasteiger partial charge in [-0.2, -0.15) is 0 Å². The Morgan fingerprint density at radius 3 is 2.66 bits per heavy atom. The van der Waals surface area contributed by atoms with Crippen LogP contribution in [0.3, 0.4) is 0 Å². The van der Waals surface area contributed by atoms with Crippen LogP contribution in [0.1, 0.15) is 12.0 Å². The van der Waals surface area contributed by atoms with Gasteiger partial charge in [0.15, 0.2) is 0 Å². The number of hydrogen-bond donors (Lipinski definition) is 1. The van der Waals surface area contributed by atoms with E-state index in [0.29, 0.717) is 18.2 Å². The number of hydrogen-bond acceptors (Lipinski definition) is 4. The molecule has 2 fully saturated rings. The molecule has 1 atom stereocenters. The van der Waals surface area contributed by atoms with Crippen LogP contribution in [-0.2, 0) is 11.3 Å². The van der Waals surface area contributed by atoms with Crippen LogP contribution in [0.5, 0.6) is 0 Å². The highest BCUT2D eigenvalue weighted by Gasteiger charge is 2.28. The highest BCUT2D eigenvalue weighted by molar-refractivity contribution is 5.89. The SMILES string of the molecule is O=C(Nc1cccn(Cc2ccccc2)c1=O)N1CCC(CN2CCOCC2)C1. The number of morpholine rings is 1. The minimum atomic E-state index is -0.191. The third-order valence-electron chi connectivity index (χ3n) is 5.65. The van der Waals surface area contributed by atoms with E-state index in [2.05, 4.69) is 10.2 Å². The minimum Gasteiger partial charge on any atom is -0.379 e. The summed E-state index contributed by atoms with van der Waals surface area (Å²) < 4.78 is 7.02. The van der Waals surface area contributed by atoms with Crippen LogP contribution in [0.15, 0.2) is 53.5 Å². The molecule has 3 heterocycles. The summed E-state index contributed by atoms with van der Waals surface area (Å²) in [6.45, 7) is 6.46. The lowest BCUT2D eigenvalue weighted by molar-refractivity contribution is 0.0314. The Balaban J connectivity index is 1.35. The molecular formula is C22H28N4O3. The van der Waals surface area contributed by atoms with Gasteiger partial charge in [-0.15, -0.1) is 0 Å². The Kier molecular flexibility index (Phi) is 6.27. The maximum atomic E-state index is 12.8. The fraction of sp³-hybridized carbons (Fsp3) is 0.455. The molecule has 29 heavy (non-hydrogen) atoms. The molecule has 0 radical (unpaired) electrons. The van der Waals surface area contributed by atoms with E-state index >= 15 is 0 Å². The van der Waals surface area contributed by atoms with Gasteiger partial charge in [-0.3, -0.25) is 9.69 Å². The highest BCUT2D eigenvalue weighted by atomic mass is 16.5. The van der Waals surface area contributed by atoms with Crippen molar-refractivity contribution in [1.29, 1.82) is 0 Å². The van der Waals surface area contributed by atoms with Gasteiger partial charge < -0.3 is 19.5 Å². The number of benzene rings is 1. The average Bonchev–Trinajstić information content (AvgIpc) is 3.21. The second-order valence-electron chi connectivity index (χ2n) is 7.78. The highest BCUT2D eigenvalue weighted by Crippen LogP contribution is 2.19. The summed E-state index contributed by atoms with van der Waals surface area (Å²) in [6, 6.07) is 13.1. The molecule has 2 aliphatic rings. The summed E-state index contributed by atoms with van der Waals surface area (Å²) in [5.74, 6) is 0.476. The molecule has 0 saturated carbocycles. The molecule has 2 aliphatic heterocycles. The molecule has 1 N–H and O–H groups in total. The molecule has 7 heteroatoms. The number of likely N-dealkylation sites (tertiary alicyclic amines) is 1. The Morgan fingerprint density at radius 1 is 1.07 bits per heavy atom. The zero-order chi connectivity index (χ0) is 20.1. The molecule has 4 rings (SSSR count). The number of carbonyl (C=O) groups excluding carboxylic acids is 1. The molecular weight excluding hydrogens is 368 g/mol. The van der Waals surface area contributed by atoms with Crippen molar-refractivity contribution in [2.45, 2.75) is 13.0 Å². The number of ether oxygens (including phenoxy) is 1. The molecule has 1 unspecified atom stereocenters. The van der Waals surface area contributed by atoms with Crippen molar-refractivity contribution < 1.29 is 9.53 Å². The van der Waals surface area contributed by atoms with E-state index in [4.69, 9.17) is 4.74 Å². The van der Waals surface area contributed by atoms with E-state index in [9.17, 15) is 9.59 Å². The lowest BCUT2D eigenvalue weighted by Crippen LogP contribution is -2.40. The van der Waals surface area contributed by atoms with Crippen molar-refractivity contribution in [2.75, 3.05) is 51.3 Å². The van der Waals surface area contributed by atoms with Gasteiger partial charge in [0.2, 0.25) is 0 Å². The summed E-state index contributed by atoms with van der Waals surface area (Å²) in [7, 11) is 0. The molecule has 0 spiro atoms. The fourth-order valence-electron chi connectivity index (χ4n) is 4.05. The van der Waals surface area contributed by atoms with E-state index in [0.717, 1.165) is 57.9 Å². The first-order valence-electron chi connectivity index (χ1n) is 10.3. The molecule has 2 saturated heterocycles. The van der Waals surface area contributed by atoms with Crippen LogP contribution in [0.25, 0.3) is 0 Å². The molecule has 1 aromatic carbocycles. The summed E-state index contributed by atoms with van der Waals surface area (Å²) in [6.07, 6.45) is 2.75. The standard InChI is InChI=1S/C22H28N4O3/c27-21-20(7-4-9-25(21)16-18-5-2-1-3-6-18)23-22(28)26-10-8-19(17-26)15-24-11-13-29-14-12-24/h1-7,9,19H,8,10-17H2,(H,23,28). The molecule has 2 amide bonds. The number of nitrogens with zero attached hydrogens (tertiary/aromatic N) is 3. The van der Waals surface area contributed by atoms with Crippen molar-refractivity contribution in [2.24, 2.45) is 5.92 Å². The first-order valence-corrected chi connectivity index (χ1v) is 10.3. The van der Waals surface area contributed by atoms with Gasteiger partial charge in [-0.1, -0.05) is 30.3 Å². The predicted molar refractivity (Wildman–Crippen MR) is 112 cm³/mol. The number of urea groups is 1. The van der Waals surface area contributed by atoms with Gasteiger partial charge >= 0.3 is 6.03 Å². The monoisotopic (exact) mass is 396 g/mol. The first-order chi connectivity index (χ1) is 14.2. The number of amides is 2. The van der Waals surface area contributed by atoms with E-state index in [1.807, 2.05) is 35.2 Å². The normalized spacial score (nSPS) is 20.0. The number of rotatable bonds is 5. The largest absolute Gasteiger partial charge is 0.379 e. The third-order valence-corrected chi connectivity index (χ3v) is 5.65. The molecule has 0 bridgehead atoms. The van der Waals surface area contributed by atoms with E-state index in [1.54, 1.807) is 22.9 Å². The minimum absolute atomic E-state index is 0.186. The van der Waals surface area contributed by atoms with Gasteiger partial charge in [-0.05, 0) is 30.0 Å². The Labute approximate surface area is 170 Å². The van der Waals surface area contributed by atoms with Gasteiger partial charge in [0.25, 0.3) is 5.56 Å². The molecule has 1 aromatic heterocycles. The van der Waals surface area contributed by atoms with E-state index in [-0.39, 0.29) is 11.6 Å². The lowest BCUT2D eigenvalue weighted by Gasteiger charge is -2.29. The van der Waals surface area contributed by atoms with Crippen LogP contribution in [0.4, 0.5) is 10.5 Å².